The fourth-order valence-electron chi connectivity index (χ4n) is 2.00. The Kier molecular flexibility index (Phi) is 3.98. The lowest BCUT2D eigenvalue weighted by Crippen LogP contribution is -2.35. The van der Waals surface area contributed by atoms with Crippen molar-refractivity contribution in [3.05, 3.63) is 35.9 Å². The Balaban J connectivity index is 1.73. The second-order valence-electron chi connectivity index (χ2n) is 4.31. The van der Waals surface area contributed by atoms with Crippen molar-refractivity contribution in [1.82, 2.24) is 15.5 Å². The highest BCUT2D eigenvalue weighted by Gasteiger charge is 2.18. The highest BCUT2D eigenvalue weighted by atomic mass is 16.2. The quantitative estimate of drug-likeness (QED) is 0.806. The molecule has 2 N–H and O–H groups in total. The van der Waals surface area contributed by atoms with Gasteiger partial charge in [0, 0.05) is 32.2 Å². The van der Waals surface area contributed by atoms with E-state index in [4.69, 9.17) is 0 Å². The van der Waals surface area contributed by atoms with Crippen molar-refractivity contribution in [3.8, 4) is 0 Å². The number of rotatable bonds is 5. The molecule has 1 aromatic carbocycles. The van der Waals surface area contributed by atoms with Gasteiger partial charge in [-0.2, -0.15) is 0 Å². The molecule has 1 saturated heterocycles. The van der Waals surface area contributed by atoms with E-state index in [0.29, 0.717) is 6.04 Å². The topological polar surface area (TPSA) is 44.4 Å². The summed E-state index contributed by atoms with van der Waals surface area (Å²) in [6.45, 7) is 5.32. The normalized spacial score (nSPS) is 17.0. The average molecular weight is 233 g/mol. The number of carbonyl (C=O) groups excluding carboxylic acids is 1. The van der Waals surface area contributed by atoms with Crippen LogP contribution in [0.5, 0.6) is 0 Å². The van der Waals surface area contributed by atoms with Gasteiger partial charge in [0.25, 0.3) is 0 Å². The van der Waals surface area contributed by atoms with Gasteiger partial charge < -0.3 is 15.5 Å². The summed E-state index contributed by atoms with van der Waals surface area (Å²) in [7, 11) is 0. The Labute approximate surface area is 102 Å². The number of amides is 2. The SMILES string of the molecule is CC(NCCN1CCNC1=O)c1ccccc1. The van der Waals surface area contributed by atoms with Gasteiger partial charge in [0.2, 0.25) is 0 Å². The summed E-state index contributed by atoms with van der Waals surface area (Å²) >= 11 is 0. The van der Waals surface area contributed by atoms with Crippen LogP contribution in [0.4, 0.5) is 4.79 Å². The molecule has 1 unspecified atom stereocenters. The van der Waals surface area contributed by atoms with Crippen molar-refractivity contribution >= 4 is 6.03 Å². The second kappa shape index (κ2) is 5.68. The van der Waals surface area contributed by atoms with Gasteiger partial charge in [0.15, 0.2) is 0 Å². The van der Waals surface area contributed by atoms with E-state index in [2.05, 4.69) is 29.7 Å². The van der Waals surface area contributed by atoms with E-state index >= 15 is 0 Å². The number of nitrogens with one attached hydrogen (secondary N) is 2. The van der Waals surface area contributed by atoms with Gasteiger partial charge in [-0.25, -0.2) is 4.79 Å². The second-order valence-corrected chi connectivity index (χ2v) is 4.31. The molecule has 1 heterocycles. The molecule has 0 spiro atoms. The molecule has 4 nitrogen and oxygen atoms in total. The molecule has 4 heteroatoms. The minimum absolute atomic E-state index is 0.0548. The zero-order valence-electron chi connectivity index (χ0n) is 10.1. The first-order chi connectivity index (χ1) is 8.27. The smallest absolute Gasteiger partial charge is 0.317 e. The van der Waals surface area contributed by atoms with Gasteiger partial charge >= 0.3 is 6.03 Å². The van der Waals surface area contributed by atoms with E-state index in [-0.39, 0.29) is 6.03 Å². The first-order valence-corrected chi connectivity index (χ1v) is 6.08. The number of hydrogen-bond donors (Lipinski definition) is 2. The molecule has 1 aromatic rings. The highest BCUT2D eigenvalue weighted by Crippen LogP contribution is 2.10. The van der Waals surface area contributed by atoms with Crippen molar-refractivity contribution in [2.24, 2.45) is 0 Å². The fraction of sp³-hybridized carbons (Fsp3) is 0.462. The molecule has 17 heavy (non-hydrogen) atoms. The summed E-state index contributed by atoms with van der Waals surface area (Å²) in [4.78, 5) is 13.1. The fourth-order valence-corrected chi connectivity index (χ4v) is 2.00. The molecule has 1 aliphatic rings. The van der Waals surface area contributed by atoms with E-state index in [1.165, 1.54) is 5.56 Å². The molecular formula is C13H19N3O. The molecule has 2 rings (SSSR count). The lowest BCUT2D eigenvalue weighted by molar-refractivity contribution is 0.217. The lowest BCUT2D eigenvalue weighted by Gasteiger charge is -2.18. The van der Waals surface area contributed by atoms with Crippen LogP contribution in [0.1, 0.15) is 18.5 Å². The summed E-state index contributed by atoms with van der Waals surface area (Å²) in [5.74, 6) is 0. The molecule has 92 valence electrons. The molecule has 0 aromatic heterocycles. The standard InChI is InChI=1S/C13H19N3O/c1-11(12-5-3-2-4-6-12)14-7-9-16-10-8-15-13(16)17/h2-6,11,14H,7-10H2,1H3,(H,15,17). The molecule has 1 aliphatic heterocycles. The van der Waals surface area contributed by atoms with Gasteiger partial charge in [0.05, 0.1) is 0 Å². The van der Waals surface area contributed by atoms with Crippen LogP contribution in [0.25, 0.3) is 0 Å². The van der Waals surface area contributed by atoms with Crippen LogP contribution >= 0.6 is 0 Å². The van der Waals surface area contributed by atoms with Crippen molar-refractivity contribution in [1.29, 1.82) is 0 Å². The molecule has 1 fully saturated rings. The monoisotopic (exact) mass is 233 g/mol. The van der Waals surface area contributed by atoms with Crippen molar-refractivity contribution in [3.63, 3.8) is 0 Å². The van der Waals surface area contributed by atoms with Crippen LogP contribution in [0.3, 0.4) is 0 Å². The molecule has 0 aliphatic carbocycles. The third-order valence-corrected chi connectivity index (χ3v) is 3.08. The van der Waals surface area contributed by atoms with E-state index in [9.17, 15) is 4.79 Å². The molecule has 1 atom stereocenters. The van der Waals surface area contributed by atoms with Gasteiger partial charge in [-0.3, -0.25) is 0 Å². The Morgan fingerprint density at radius 3 is 2.82 bits per heavy atom. The van der Waals surface area contributed by atoms with Crippen LogP contribution in [0.15, 0.2) is 30.3 Å². The summed E-state index contributed by atoms with van der Waals surface area (Å²) < 4.78 is 0. The Morgan fingerprint density at radius 1 is 1.41 bits per heavy atom. The Morgan fingerprint density at radius 2 is 2.18 bits per heavy atom. The van der Waals surface area contributed by atoms with Crippen molar-refractivity contribution in [2.45, 2.75) is 13.0 Å². The van der Waals surface area contributed by atoms with E-state index in [0.717, 1.165) is 26.2 Å². The zero-order chi connectivity index (χ0) is 12.1. The highest BCUT2D eigenvalue weighted by molar-refractivity contribution is 5.76. The number of benzene rings is 1. The minimum Gasteiger partial charge on any atom is -0.336 e. The molecule has 2 amide bonds. The van der Waals surface area contributed by atoms with Crippen LogP contribution in [-0.4, -0.2) is 37.1 Å². The summed E-state index contributed by atoms with van der Waals surface area (Å²) in [5, 5.41) is 6.22. The maximum atomic E-state index is 11.3. The molecular weight excluding hydrogens is 214 g/mol. The summed E-state index contributed by atoms with van der Waals surface area (Å²) in [5.41, 5.74) is 1.28. The number of carbonyl (C=O) groups is 1. The van der Waals surface area contributed by atoms with Gasteiger partial charge in [-0.05, 0) is 12.5 Å². The summed E-state index contributed by atoms with van der Waals surface area (Å²) in [6.07, 6.45) is 0. The Hall–Kier alpha value is -1.55. The van der Waals surface area contributed by atoms with E-state index in [1.54, 1.807) is 0 Å². The Bertz CT molecular complexity index is 366. The number of hydrogen-bond acceptors (Lipinski definition) is 2. The predicted octanol–water partition coefficient (Wildman–Crippen LogP) is 1.36. The van der Waals surface area contributed by atoms with Crippen LogP contribution in [0, 0.1) is 0 Å². The van der Waals surface area contributed by atoms with Crippen LogP contribution in [0.2, 0.25) is 0 Å². The maximum absolute atomic E-state index is 11.3. The third-order valence-electron chi connectivity index (χ3n) is 3.08. The lowest BCUT2D eigenvalue weighted by atomic mass is 10.1. The number of urea groups is 1. The predicted molar refractivity (Wildman–Crippen MR) is 67.8 cm³/mol. The average Bonchev–Trinajstić information content (AvgIpc) is 2.76. The van der Waals surface area contributed by atoms with E-state index < -0.39 is 0 Å². The van der Waals surface area contributed by atoms with Crippen LogP contribution in [-0.2, 0) is 0 Å². The molecule has 0 bridgehead atoms. The number of nitrogens with zero attached hydrogens (tertiary/aromatic N) is 1. The van der Waals surface area contributed by atoms with Crippen molar-refractivity contribution in [2.75, 3.05) is 26.2 Å². The van der Waals surface area contributed by atoms with Crippen LogP contribution < -0.4 is 10.6 Å². The molecule has 0 saturated carbocycles. The van der Waals surface area contributed by atoms with Crippen molar-refractivity contribution < 1.29 is 4.79 Å². The van der Waals surface area contributed by atoms with Gasteiger partial charge in [-0.15, -0.1) is 0 Å². The van der Waals surface area contributed by atoms with E-state index in [1.807, 2.05) is 23.1 Å². The third kappa shape index (κ3) is 3.20. The first kappa shape index (κ1) is 11.9. The zero-order valence-corrected chi connectivity index (χ0v) is 10.1. The van der Waals surface area contributed by atoms with Gasteiger partial charge in [-0.1, -0.05) is 30.3 Å². The minimum atomic E-state index is 0.0548. The molecule has 0 radical (unpaired) electrons. The maximum Gasteiger partial charge on any atom is 0.317 e. The first-order valence-electron chi connectivity index (χ1n) is 6.08. The largest absolute Gasteiger partial charge is 0.336 e. The van der Waals surface area contributed by atoms with Gasteiger partial charge in [0.1, 0.15) is 0 Å². The summed E-state index contributed by atoms with van der Waals surface area (Å²) in [6, 6.07) is 10.7.